The first kappa shape index (κ1) is 14.3. The highest BCUT2D eigenvalue weighted by molar-refractivity contribution is 6.31. The predicted octanol–water partition coefficient (Wildman–Crippen LogP) is 3.02. The van der Waals surface area contributed by atoms with Crippen molar-refractivity contribution < 1.29 is 5.11 Å². The number of aliphatic hydroxyl groups excluding tert-OH is 1. The largest absolute Gasteiger partial charge is 0.396 e. The molecule has 2 aromatic rings. The molecule has 0 saturated heterocycles. The Balaban J connectivity index is 1.82. The van der Waals surface area contributed by atoms with Gasteiger partial charge in [0.25, 0.3) is 0 Å². The molecule has 4 unspecified atom stereocenters. The number of hydrogen-bond acceptors (Lipinski definition) is 4. The molecule has 4 rings (SSSR count). The van der Waals surface area contributed by atoms with E-state index in [4.69, 9.17) is 11.6 Å². The molecule has 6 heteroatoms. The van der Waals surface area contributed by atoms with E-state index in [0.29, 0.717) is 29.1 Å². The summed E-state index contributed by atoms with van der Waals surface area (Å²) < 4.78 is 2.16. The maximum atomic E-state index is 9.49. The molecule has 2 aliphatic rings. The molecule has 0 radical (unpaired) electrons. The summed E-state index contributed by atoms with van der Waals surface area (Å²) in [5.74, 6) is 0.786. The van der Waals surface area contributed by atoms with Gasteiger partial charge < -0.3 is 15.0 Å². The van der Waals surface area contributed by atoms with Crippen LogP contribution in [0.15, 0.2) is 6.33 Å². The molecule has 2 N–H and O–H groups in total. The first-order valence-electron chi connectivity index (χ1n) is 8.02. The third-order valence-corrected chi connectivity index (χ3v) is 5.75. The van der Waals surface area contributed by atoms with Crippen molar-refractivity contribution >= 4 is 28.5 Å². The molecule has 1 saturated carbocycles. The summed E-state index contributed by atoms with van der Waals surface area (Å²) in [6.07, 6.45) is 4.89. The number of imidazole rings is 1. The first-order valence-corrected chi connectivity index (χ1v) is 8.40. The molecule has 118 valence electrons. The molecule has 0 spiro atoms. The first-order chi connectivity index (χ1) is 10.6. The topological polar surface area (TPSA) is 63.0 Å². The third-order valence-electron chi connectivity index (χ3n) is 5.44. The normalized spacial score (nSPS) is 30.7. The fourth-order valence-electron chi connectivity index (χ4n) is 4.11. The molecule has 5 nitrogen and oxygen atoms in total. The second-order valence-electron chi connectivity index (χ2n) is 6.78. The van der Waals surface area contributed by atoms with Crippen LogP contribution in [-0.4, -0.2) is 32.3 Å². The van der Waals surface area contributed by atoms with Gasteiger partial charge in [-0.25, -0.2) is 9.97 Å². The average Bonchev–Trinajstić information content (AvgIpc) is 3.15. The number of halogens is 1. The minimum Gasteiger partial charge on any atom is -0.396 e. The van der Waals surface area contributed by atoms with Gasteiger partial charge in [-0.05, 0) is 38.0 Å². The van der Waals surface area contributed by atoms with Gasteiger partial charge in [-0.15, -0.1) is 0 Å². The third kappa shape index (κ3) is 1.95. The van der Waals surface area contributed by atoms with Crippen LogP contribution in [0, 0.1) is 11.8 Å². The highest BCUT2D eigenvalue weighted by Crippen LogP contribution is 2.43. The van der Waals surface area contributed by atoms with Crippen LogP contribution in [0.1, 0.15) is 38.3 Å². The Morgan fingerprint density at radius 3 is 2.95 bits per heavy atom. The summed E-state index contributed by atoms with van der Waals surface area (Å²) >= 11 is 6.41. The van der Waals surface area contributed by atoms with E-state index in [9.17, 15) is 5.11 Å². The number of hydrogen-bond donors (Lipinski definition) is 2. The van der Waals surface area contributed by atoms with E-state index >= 15 is 0 Å². The smallest absolute Gasteiger partial charge is 0.163 e. The number of nitrogens with one attached hydrogen (secondary N) is 1. The Morgan fingerprint density at radius 2 is 2.23 bits per heavy atom. The molecule has 22 heavy (non-hydrogen) atoms. The average molecular weight is 321 g/mol. The second-order valence-corrected chi connectivity index (χ2v) is 7.13. The van der Waals surface area contributed by atoms with Crippen molar-refractivity contribution in [3.05, 3.63) is 17.0 Å². The molecule has 1 fully saturated rings. The fraction of sp³-hybridized carbons (Fsp3) is 0.625. The van der Waals surface area contributed by atoms with Crippen molar-refractivity contribution in [1.29, 1.82) is 0 Å². The van der Waals surface area contributed by atoms with Gasteiger partial charge >= 0.3 is 0 Å². The van der Waals surface area contributed by atoms with E-state index in [1.54, 1.807) is 0 Å². The summed E-state index contributed by atoms with van der Waals surface area (Å²) in [6, 6.07) is 0.705. The molecular weight excluding hydrogens is 300 g/mol. The standard InChI is InChI=1S/C16H21ClN4O/c1-8-5-11-13(19-8)14-16(20-15(11)17)21(7-18-14)12-4-3-10(6-22)9(12)2/h7-10,12,19,22H,3-6H2,1-2H3. The van der Waals surface area contributed by atoms with Crippen LogP contribution in [0.4, 0.5) is 5.69 Å². The zero-order chi connectivity index (χ0) is 15.4. The molecule has 0 aromatic carbocycles. The number of rotatable bonds is 2. The molecule has 0 bridgehead atoms. The zero-order valence-corrected chi connectivity index (χ0v) is 13.6. The lowest BCUT2D eigenvalue weighted by Crippen LogP contribution is -2.17. The van der Waals surface area contributed by atoms with Gasteiger partial charge in [0.15, 0.2) is 5.65 Å². The summed E-state index contributed by atoms with van der Waals surface area (Å²) in [4.78, 5) is 9.25. The predicted molar refractivity (Wildman–Crippen MR) is 87.3 cm³/mol. The van der Waals surface area contributed by atoms with Crippen LogP contribution in [0.2, 0.25) is 5.15 Å². The Morgan fingerprint density at radius 1 is 1.41 bits per heavy atom. The maximum Gasteiger partial charge on any atom is 0.163 e. The molecule has 1 aliphatic heterocycles. The monoisotopic (exact) mass is 320 g/mol. The zero-order valence-electron chi connectivity index (χ0n) is 12.9. The number of nitrogens with zero attached hydrogens (tertiary/aromatic N) is 3. The molecular formula is C16H21ClN4O. The van der Waals surface area contributed by atoms with E-state index < -0.39 is 0 Å². The summed E-state index contributed by atoms with van der Waals surface area (Å²) in [5, 5.41) is 13.6. The van der Waals surface area contributed by atoms with Crippen LogP contribution in [0.5, 0.6) is 0 Å². The van der Waals surface area contributed by atoms with E-state index in [0.717, 1.165) is 41.7 Å². The minimum atomic E-state index is 0.257. The maximum absolute atomic E-state index is 9.49. The van der Waals surface area contributed by atoms with Gasteiger partial charge in [0.05, 0.1) is 12.0 Å². The summed E-state index contributed by atoms with van der Waals surface area (Å²) in [5.41, 5.74) is 3.91. The Hall–Kier alpha value is -1.33. The molecule has 2 aromatic heterocycles. The van der Waals surface area contributed by atoms with Crippen LogP contribution in [0.25, 0.3) is 11.2 Å². The molecule has 0 amide bonds. The van der Waals surface area contributed by atoms with Gasteiger partial charge in [0.1, 0.15) is 10.7 Å². The Labute approximate surface area is 134 Å². The van der Waals surface area contributed by atoms with Gasteiger partial charge in [0, 0.05) is 24.3 Å². The van der Waals surface area contributed by atoms with Gasteiger partial charge in [0.2, 0.25) is 0 Å². The molecule has 3 heterocycles. The van der Waals surface area contributed by atoms with Crippen molar-refractivity contribution in [3.63, 3.8) is 0 Å². The number of aromatic nitrogens is 3. The number of aliphatic hydroxyl groups is 1. The number of fused-ring (bicyclic) bond motifs is 3. The van der Waals surface area contributed by atoms with E-state index in [2.05, 4.69) is 33.7 Å². The van der Waals surface area contributed by atoms with Gasteiger partial charge in [-0.1, -0.05) is 18.5 Å². The van der Waals surface area contributed by atoms with Crippen LogP contribution < -0.4 is 5.32 Å². The molecule has 1 aliphatic carbocycles. The van der Waals surface area contributed by atoms with Crippen molar-refractivity contribution in [3.8, 4) is 0 Å². The SMILES string of the molecule is CC1Cc2c(Cl)nc3c(ncn3C3CCC(CO)C3C)c2N1. The van der Waals surface area contributed by atoms with E-state index in [1.807, 2.05) is 6.33 Å². The fourth-order valence-corrected chi connectivity index (χ4v) is 4.36. The lowest BCUT2D eigenvalue weighted by Gasteiger charge is -2.21. The summed E-state index contributed by atoms with van der Waals surface area (Å²) in [6.45, 7) is 4.61. The van der Waals surface area contributed by atoms with Crippen molar-refractivity contribution in [2.45, 2.75) is 45.2 Å². The molecule has 4 atom stereocenters. The van der Waals surface area contributed by atoms with Gasteiger partial charge in [-0.3, -0.25) is 0 Å². The second kappa shape index (κ2) is 5.10. The highest BCUT2D eigenvalue weighted by Gasteiger charge is 2.35. The Kier molecular flexibility index (Phi) is 3.31. The van der Waals surface area contributed by atoms with Gasteiger partial charge in [-0.2, -0.15) is 0 Å². The van der Waals surface area contributed by atoms with Crippen molar-refractivity contribution in [1.82, 2.24) is 14.5 Å². The van der Waals surface area contributed by atoms with Crippen LogP contribution in [-0.2, 0) is 6.42 Å². The number of pyridine rings is 1. The highest BCUT2D eigenvalue weighted by atomic mass is 35.5. The lowest BCUT2D eigenvalue weighted by molar-refractivity contribution is 0.189. The summed E-state index contributed by atoms with van der Waals surface area (Å²) in [7, 11) is 0. The van der Waals surface area contributed by atoms with Crippen LogP contribution >= 0.6 is 11.6 Å². The van der Waals surface area contributed by atoms with Crippen molar-refractivity contribution in [2.75, 3.05) is 11.9 Å². The minimum absolute atomic E-state index is 0.257. The Bertz CT molecular complexity index is 728. The van der Waals surface area contributed by atoms with E-state index in [-0.39, 0.29) is 6.61 Å². The van der Waals surface area contributed by atoms with Crippen molar-refractivity contribution in [2.24, 2.45) is 11.8 Å². The van der Waals surface area contributed by atoms with Crippen LogP contribution in [0.3, 0.4) is 0 Å². The van der Waals surface area contributed by atoms with E-state index in [1.165, 1.54) is 0 Å². The lowest BCUT2D eigenvalue weighted by atomic mass is 9.96. The number of anilines is 1. The quantitative estimate of drug-likeness (QED) is 0.835.